The summed E-state index contributed by atoms with van der Waals surface area (Å²) in [7, 11) is 0. The van der Waals surface area contributed by atoms with Crippen molar-refractivity contribution >= 4 is 23.0 Å². The number of nitrogen functional groups attached to an aromatic ring is 1. The molecule has 0 atom stereocenters. The van der Waals surface area contributed by atoms with Crippen LogP contribution in [0.15, 0.2) is 12.1 Å². The van der Waals surface area contributed by atoms with Gasteiger partial charge in [0.25, 0.3) is 0 Å². The van der Waals surface area contributed by atoms with E-state index in [0.717, 1.165) is 16.9 Å². The fourth-order valence-corrected chi connectivity index (χ4v) is 3.13. The van der Waals surface area contributed by atoms with Crippen LogP contribution in [0.1, 0.15) is 33.3 Å². The number of nitrogens with two attached hydrogens (primary N) is 1. The van der Waals surface area contributed by atoms with Crippen LogP contribution in [0.5, 0.6) is 0 Å². The molecule has 1 aromatic rings. The highest BCUT2D eigenvalue weighted by atomic mass is 16.1. The maximum atomic E-state index is 11.4. The molecule has 1 aliphatic heterocycles. The molecule has 0 unspecified atom stereocenters. The topological polar surface area (TPSA) is 67.1 Å². The molecule has 102 valence electrons. The van der Waals surface area contributed by atoms with Crippen LogP contribution in [0.25, 0.3) is 0 Å². The summed E-state index contributed by atoms with van der Waals surface area (Å²) in [6.45, 7) is 9.04. The lowest BCUT2D eigenvalue weighted by atomic mass is 10.0. The third kappa shape index (κ3) is 1.62. The van der Waals surface area contributed by atoms with Gasteiger partial charge in [-0.1, -0.05) is 27.7 Å². The zero-order chi connectivity index (χ0) is 14.0. The summed E-state index contributed by atoms with van der Waals surface area (Å²) in [5.41, 5.74) is 10.1. The Balaban J connectivity index is 1.88. The van der Waals surface area contributed by atoms with Gasteiger partial charge in [0, 0.05) is 11.7 Å². The number of amides is 1. The largest absolute Gasteiger partial charge is 0.397 e. The predicted octanol–water partition coefficient (Wildman–Crippen LogP) is 2.61. The molecule has 1 fully saturated rings. The zero-order valence-electron chi connectivity index (χ0n) is 11.9. The minimum Gasteiger partial charge on any atom is -0.397 e. The number of hydrogen-bond donors (Lipinski definition) is 3. The molecule has 1 heterocycles. The van der Waals surface area contributed by atoms with Crippen molar-refractivity contribution in [3.63, 3.8) is 0 Å². The SMILES string of the molecule is CC1(C)C(Nc2cc3c(cc2N)CC(=O)N3)C1(C)C. The van der Waals surface area contributed by atoms with E-state index in [2.05, 4.69) is 38.3 Å². The van der Waals surface area contributed by atoms with Crippen molar-refractivity contribution in [1.29, 1.82) is 0 Å². The highest BCUT2D eigenvalue weighted by Gasteiger charge is 2.65. The predicted molar refractivity (Wildman–Crippen MR) is 78.2 cm³/mol. The number of carbonyl (C=O) groups excluding carboxylic acids is 1. The van der Waals surface area contributed by atoms with E-state index in [0.29, 0.717) is 18.2 Å². The van der Waals surface area contributed by atoms with Crippen molar-refractivity contribution in [2.24, 2.45) is 10.8 Å². The van der Waals surface area contributed by atoms with E-state index >= 15 is 0 Å². The molecule has 1 aliphatic carbocycles. The molecule has 0 spiro atoms. The van der Waals surface area contributed by atoms with Gasteiger partial charge in [-0.05, 0) is 28.5 Å². The van der Waals surface area contributed by atoms with Gasteiger partial charge in [0.2, 0.25) is 5.91 Å². The maximum absolute atomic E-state index is 11.4. The summed E-state index contributed by atoms with van der Waals surface area (Å²) < 4.78 is 0. The van der Waals surface area contributed by atoms with Crippen molar-refractivity contribution in [3.05, 3.63) is 17.7 Å². The quantitative estimate of drug-likeness (QED) is 0.715. The zero-order valence-corrected chi connectivity index (χ0v) is 11.9. The van der Waals surface area contributed by atoms with Gasteiger partial charge in [-0.2, -0.15) is 0 Å². The molecule has 1 saturated carbocycles. The molecule has 0 bridgehead atoms. The Labute approximate surface area is 113 Å². The van der Waals surface area contributed by atoms with Gasteiger partial charge in [0.15, 0.2) is 0 Å². The van der Waals surface area contributed by atoms with Crippen LogP contribution in [0.2, 0.25) is 0 Å². The number of benzene rings is 1. The van der Waals surface area contributed by atoms with E-state index in [4.69, 9.17) is 5.73 Å². The molecule has 1 amide bonds. The third-order valence-electron chi connectivity index (χ3n) is 5.22. The van der Waals surface area contributed by atoms with E-state index in [1.54, 1.807) is 0 Å². The van der Waals surface area contributed by atoms with Gasteiger partial charge in [0.05, 0.1) is 17.8 Å². The lowest BCUT2D eigenvalue weighted by molar-refractivity contribution is -0.115. The molecule has 0 aromatic heterocycles. The number of hydrogen-bond acceptors (Lipinski definition) is 3. The summed E-state index contributed by atoms with van der Waals surface area (Å²) in [5, 5.41) is 6.40. The lowest BCUT2D eigenvalue weighted by Crippen LogP contribution is -2.12. The van der Waals surface area contributed by atoms with E-state index < -0.39 is 0 Å². The minimum absolute atomic E-state index is 0.0404. The minimum atomic E-state index is 0.0404. The first-order valence-electron chi connectivity index (χ1n) is 6.72. The maximum Gasteiger partial charge on any atom is 0.228 e. The average Bonchev–Trinajstić information content (AvgIpc) is 2.59. The first-order chi connectivity index (χ1) is 8.73. The van der Waals surface area contributed by atoms with Gasteiger partial charge < -0.3 is 16.4 Å². The van der Waals surface area contributed by atoms with Crippen LogP contribution >= 0.6 is 0 Å². The standard InChI is InChI=1S/C15H21N3O/c1-14(2)13(15(14,3)4)18-11-7-10-8(5-9(11)16)6-12(19)17-10/h5,7,13,18H,6,16H2,1-4H3,(H,17,19). The second kappa shape index (κ2) is 3.44. The summed E-state index contributed by atoms with van der Waals surface area (Å²) in [6, 6.07) is 4.26. The van der Waals surface area contributed by atoms with Crippen LogP contribution in [0, 0.1) is 10.8 Å². The smallest absolute Gasteiger partial charge is 0.228 e. The molecule has 3 rings (SSSR count). The summed E-state index contributed by atoms with van der Waals surface area (Å²) in [4.78, 5) is 11.4. The molecule has 4 N–H and O–H groups in total. The Morgan fingerprint density at radius 3 is 2.47 bits per heavy atom. The molecule has 4 heteroatoms. The van der Waals surface area contributed by atoms with Crippen LogP contribution < -0.4 is 16.4 Å². The first-order valence-corrected chi connectivity index (χ1v) is 6.72. The molecule has 0 radical (unpaired) electrons. The van der Waals surface area contributed by atoms with Crippen LogP contribution in [0.4, 0.5) is 17.1 Å². The number of anilines is 3. The lowest BCUT2D eigenvalue weighted by Gasteiger charge is -2.13. The molecular formula is C15H21N3O. The Hall–Kier alpha value is -1.71. The van der Waals surface area contributed by atoms with Gasteiger partial charge in [-0.15, -0.1) is 0 Å². The van der Waals surface area contributed by atoms with Crippen molar-refractivity contribution < 1.29 is 4.79 Å². The van der Waals surface area contributed by atoms with E-state index in [1.165, 1.54) is 0 Å². The number of nitrogens with one attached hydrogen (secondary N) is 2. The number of fused-ring (bicyclic) bond motifs is 1. The Bertz CT molecular complexity index is 561. The second-order valence-corrected chi connectivity index (χ2v) is 6.84. The summed E-state index contributed by atoms with van der Waals surface area (Å²) >= 11 is 0. The van der Waals surface area contributed by atoms with Crippen LogP contribution in [-0.2, 0) is 11.2 Å². The van der Waals surface area contributed by atoms with Crippen molar-refractivity contribution in [2.75, 3.05) is 16.4 Å². The van der Waals surface area contributed by atoms with Gasteiger partial charge in [0.1, 0.15) is 0 Å². The van der Waals surface area contributed by atoms with E-state index in [9.17, 15) is 4.79 Å². The highest BCUT2D eigenvalue weighted by Crippen LogP contribution is 2.64. The molecule has 4 nitrogen and oxygen atoms in total. The van der Waals surface area contributed by atoms with Gasteiger partial charge >= 0.3 is 0 Å². The first kappa shape index (κ1) is 12.3. The highest BCUT2D eigenvalue weighted by molar-refractivity contribution is 6.00. The normalized spacial score (nSPS) is 22.8. The molecule has 19 heavy (non-hydrogen) atoms. The van der Waals surface area contributed by atoms with Crippen molar-refractivity contribution in [3.8, 4) is 0 Å². The third-order valence-corrected chi connectivity index (χ3v) is 5.22. The van der Waals surface area contributed by atoms with Crippen molar-refractivity contribution in [2.45, 2.75) is 40.2 Å². The molecule has 0 saturated heterocycles. The Morgan fingerprint density at radius 1 is 1.26 bits per heavy atom. The molecular weight excluding hydrogens is 238 g/mol. The molecule has 2 aliphatic rings. The van der Waals surface area contributed by atoms with Crippen LogP contribution in [-0.4, -0.2) is 11.9 Å². The Kier molecular flexibility index (Phi) is 2.23. The monoisotopic (exact) mass is 259 g/mol. The summed E-state index contributed by atoms with van der Waals surface area (Å²) in [5.74, 6) is 0.0404. The van der Waals surface area contributed by atoms with Gasteiger partial charge in [-0.3, -0.25) is 4.79 Å². The number of carbonyl (C=O) groups is 1. The fourth-order valence-electron chi connectivity index (χ4n) is 3.13. The van der Waals surface area contributed by atoms with Gasteiger partial charge in [-0.25, -0.2) is 0 Å². The number of rotatable bonds is 2. The van der Waals surface area contributed by atoms with Crippen LogP contribution in [0.3, 0.4) is 0 Å². The average molecular weight is 259 g/mol. The Morgan fingerprint density at radius 2 is 1.89 bits per heavy atom. The molecule has 1 aromatic carbocycles. The van der Waals surface area contributed by atoms with E-state index in [-0.39, 0.29) is 16.7 Å². The van der Waals surface area contributed by atoms with Crippen molar-refractivity contribution in [1.82, 2.24) is 0 Å². The van der Waals surface area contributed by atoms with E-state index in [1.807, 2.05) is 12.1 Å². The fraction of sp³-hybridized carbons (Fsp3) is 0.533. The second-order valence-electron chi connectivity index (χ2n) is 6.84. The summed E-state index contributed by atoms with van der Waals surface area (Å²) in [6.07, 6.45) is 0.431.